The average Bonchev–Trinajstić information content (AvgIpc) is 2.62. The smallest absolute Gasteiger partial charge is 0.254 e. The van der Waals surface area contributed by atoms with Gasteiger partial charge in [0.1, 0.15) is 10.7 Å². The van der Waals surface area contributed by atoms with Gasteiger partial charge in [-0.1, -0.05) is 0 Å². The highest BCUT2D eigenvalue weighted by molar-refractivity contribution is 7.89. The Hall–Kier alpha value is -1.51. The molecule has 0 N–H and O–H groups in total. The molecule has 25 heavy (non-hydrogen) atoms. The minimum Gasteiger partial charge on any atom is -0.379 e. The third-order valence-corrected chi connectivity index (χ3v) is 6.74. The third kappa shape index (κ3) is 3.70. The number of nitrogens with zero attached hydrogens (tertiary/aromatic N) is 2. The maximum absolute atomic E-state index is 14.2. The summed E-state index contributed by atoms with van der Waals surface area (Å²) in [5.74, 6) is -1.08. The van der Waals surface area contributed by atoms with Crippen LogP contribution in [0.25, 0.3) is 0 Å². The number of amides is 1. The van der Waals surface area contributed by atoms with Crippen molar-refractivity contribution >= 4 is 15.9 Å². The van der Waals surface area contributed by atoms with E-state index in [2.05, 4.69) is 0 Å². The van der Waals surface area contributed by atoms with Crippen LogP contribution >= 0.6 is 0 Å². The lowest BCUT2D eigenvalue weighted by molar-refractivity contribution is 0.0635. The largest absolute Gasteiger partial charge is 0.379 e. The molecule has 1 aromatic rings. The number of carbonyl (C=O) groups excluding carboxylic acids is 1. The van der Waals surface area contributed by atoms with Crippen LogP contribution in [0.15, 0.2) is 23.1 Å². The molecule has 0 spiro atoms. The topological polar surface area (TPSA) is 66.9 Å². The number of morpholine rings is 1. The van der Waals surface area contributed by atoms with Gasteiger partial charge in [0.15, 0.2) is 0 Å². The molecule has 6 nitrogen and oxygen atoms in total. The van der Waals surface area contributed by atoms with Gasteiger partial charge in [-0.05, 0) is 44.4 Å². The van der Waals surface area contributed by atoms with Gasteiger partial charge in [-0.15, -0.1) is 0 Å². The van der Waals surface area contributed by atoms with E-state index in [1.165, 1.54) is 16.4 Å². The lowest BCUT2D eigenvalue weighted by Gasteiger charge is -2.33. The van der Waals surface area contributed by atoms with Crippen molar-refractivity contribution in [2.24, 2.45) is 0 Å². The molecule has 2 fully saturated rings. The summed E-state index contributed by atoms with van der Waals surface area (Å²) in [4.78, 5) is 14.1. The second-order valence-corrected chi connectivity index (χ2v) is 8.41. The van der Waals surface area contributed by atoms with E-state index in [9.17, 15) is 17.6 Å². The van der Waals surface area contributed by atoms with Crippen molar-refractivity contribution in [1.29, 1.82) is 0 Å². The second-order valence-electron chi connectivity index (χ2n) is 6.51. The summed E-state index contributed by atoms with van der Waals surface area (Å²) in [6.07, 6.45) is 2.92. The SMILES string of the molecule is CC1CCCCN1C(=O)c1ccc(F)c(S(=O)(=O)N2CCOCC2)c1. The van der Waals surface area contributed by atoms with E-state index >= 15 is 0 Å². The van der Waals surface area contributed by atoms with Gasteiger partial charge in [0.2, 0.25) is 10.0 Å². The zero-order chi connectivity index (χ0) is 18.0. The number of carbonyl (C=O) groups is 1. The number of hydrogen-bond acceptors (Lipinski definition) is 4. The molecule has 2 heterocycles. The summed E-state index contributed by atoms with van der Waals surface area (Å²) in [7, 11) is -3.99. The molecule has 0 aliphatic carbocycles. The predicted octanol–water partition coefficient (Wildman–Crippen LogP) is 1.86. The fourth-order valence-electron chi connectivity index (χ4n) is 3.33. The number of ether oxygens (including phenoxy) is 1. The quantitative estimate of drug-likeness (QED) is 0.815. The Labute approximate surface area is 147 Å². The standard InChI is InChI=1S/C17H23FN2O4S/c1-13-4-2-3-7-20(13)17(21)14-5-6-15(18)16(12-14)25(22,23)19-8-10-24-11-9-19/h5-6,12-13H,2-4,7-11H2,1H3. The van der Waals surface area contributed by atoms with Crippen molar-refractivity contribution in [3.8, 4) is 0 Å². The van der Waals surface area contributed by atoms with Crippen LogP contribution < -0.4 is 0 Å². The first kappa shape index (κ1) is 18.3. The van der Waals surface area contributed by atoms with Gasteiger partial charge in [0, 0.05) is 31.2 Å². The fraction of sp³-hybridized carbons (Fsp3) is 0.588. The molecule has 1 unspecified atom stereocenters. The molecule has 8 heteroatoms. The molecule has 2 aliphatic heterocycles. The maximum atomic E-state index is 14.2. The van der Waals surface area contributed by atoms with E-state index in [1.807, 2.05) is 6.92 Å². The van der Waals surface area contributed by atoms with Crippen LogP contribution in [0.3, 0.4) is 0 Å². The molecular formula is C17H23FN2O4S. The molecule has 1 atom stereocenters. The summed E-state index contributed by atoms with van der Waals surface area (Å²) in [6.45, 7) is 3.55. The van der Waals surface area contributed by atoms with Gasteiger partial charge in [-0.2, -0.15) is 4.31 Å². The summed E-state index contributed by atoms with van der Waals surface area (Å²) < 4.78 is 46.1. The van der Waals surface area contributed by atoms with Crippen molar-refractivity contribution in [2.45, 2.75) is 37.1 Å². The van der Waals surface area contributed by atoms with Crippen molar-refractivity contribution in [3.63, 3.8) is 0 Å². The second kappa shape index (κ2) is 7.39. The minimum atomic E-state index is -3.99. The van der Waals surface area contributed by atoms with E-state index in [0.29, 0.717) is 6.54 Å². The van der Waals surface area contributed by atoms with Crippen LogP contribution in [-0.2, 0) is 14.8 Å². The molecule has 0 saturated carbocycles. The van der Waals surface area contributed by atoms with E-state index < -0.39 is 20.7 Å². The Kier molecular flexibility index (Phi) is 5.41. The summed E-state index contributed by atoms with van der Waals surface area (Å²) in [5, 5.41) is 0. The van der Waals surface area contributed by atoms with Crippen molar-refractivity contribution in [1.82, 2.24) is 9.21 Å². The van der Waals surface area contributed by atoms with Gasteiger partial charge in [-0.3, -0.25) is 4.79 Å². The Morgan fingerprint density at radius 3 is 2.60 bits per heavy atom. The number of sulfonamides is 1. The number of halogens is 1. The first-order valence-electron chi connectivity index (χ1n) is 8.59. The highest BCUT2D eigenvalue weighted by atomic mass is 32.2. The first-order chi connectivity index (χ1) is 11.9. The van der Waals surface area contributed by atoms with E-state index in [1.54, 1.807) is 4.90 Å². The normalized spacial score (nSPS) is 22.8. The number of rotatable bonds is 3. The average molecular weight is 370 g/mol. The molecule has 1 amide bonds. The van der Waals surface area contributed by atoms with Crippen molar-refractivity contribution in [2.75, 3.05) is 32.8 Å². The van der Waals surface area contributed by atoms with Gasteiger partial charge < -0.3 is 9.64 Å². The van der Waals surface area contributed by atoms with E-state index in [4.69, 9.17) is 4.74 Å². The Morgan fingerprint density at radius 1 is 1.20 bits per heavy atom. The van der Waals surface area contributed by atoms with Crippen molar-refractivity contribution in [3.05, 3.63) is 29.6 Å². The third-order valence-electron chi connectivity index (χ3n) is 4.83. The number of piperidine rings is 1. The molecular weight excluding hydrogens is 347 g/mol. The van der Waals surface area contributed by atoms with Gasteiger partial charge in [-0.25, -0.2) is 12.8 Å². The zero-order valence-corrected chi connectivity index (χ0v) is 15.1. The van der Waals surface area contributed by atoms with Crippen molar-refractivity contribution < 1.29 is 22.3 Å². The first-order valence-corrected chi connectivity index (χ1v) is 10.0. The Morgan fingerprint density at radius 2 is 1.92 bits per heavy atom. The minimum absolute atomic E-state index is 0.102. The van der Waals surface area contributed by atoms with Crippen LogP contribution in [0, 0.1) is 5.82 Å². The van der Waals surface area contributed by atoms with E-state index in [0.717, 1.165) is 25.3 Å². The zero-order valence-electron chi connectivity index (χ0n) is 14.3. The Bertz CT molecular complexity index is 747. The monoisotopic (exact) mass is 370 g/mol. The highest BCUT2D eigenvalue weighted by Gasteiger charge is 2.31. The van der Waals surface area contributed by atoms with Crippen LogP contribution in [0.4, 0.5) is 4.39 Å². The highest BCUT2D eigenvalue weighted by Crippen LogP contribution is 2.24. The molecule has 0 bridgehead atoms. The van der Waals surface area contributed by atoms with Crippen LogP contribution in [0.5, 0.6) is 0 Å². The van der Waals surface area contributed by atoms with E-state index in [-0.39, 0.29) is 43.8 Å². The van der Waals surface area contributed by atoms with Crippen LogP contribution in [0.1, 0.15) is 36.5 Å². The van der Waals surface area contributed by atoms with Gasteiger partial charge in [0.25, 0.3) is 5.91 Å². The number of benzene rings is 1. The molecule has 3 rings (SSSR count). The lowest BCUT2D eigenvalue weighted by atomic mass is 10.0. The lowest BCUT2D eigenvalue weighted by Crippen LogP contribution is -2.42. The maximum Gasteiger partial charge on any atom is 0.254 e. The fourth-order valence-corrected chi connectivity index (χ4v) is 4.82. The molecule has 0 aromatic heterocycles. The van der Waals surface area contributed by atoms with Gasteiger partial charge in [0.05, 0.1) is 13.2 Å². The molecule has 2 saturated heterocycles. The molecule has 1 aromatic carbocycles. The van der Waals surface area contributed by atoms with Crippen LogP contribution in [0.2, 0.25) is 0 Å². The summed E-state index contributed by atoms with van der Waals surface area (Å²) in [6, 6.07) is 3.70. The number of likely N-dealkylation sites (tertiary alicyclic amines) is 1. The Balaban J connectivity index is 1.91. The summed E-state index contributed by atoms with van der Waals surface area (Å²) in [5.41, 5.74) is 0.210. The van der Waals surface area contributed by atoms with Crippen LogP contribution in [-0.4, -0.2) is 62.4 Å². The summed E-state index contributed by atoms with van der Waals surface area (Å²) >= 11 is 0. The number of hydrogen-bond donors (Lipinski definition) is 0. The van der Waals surface area contributed by atoms with Gasteiger partial charge >= 0.3 is 0 Å². The molecule has 2 aliphatic rings. The predicted molar refractivity (Wildman–Crippen MR) is 90.3 cm³/mol. The molecule has 0 radical (unpaired) electrons. The molecule has 138 valence electrons.